The van der Waals surface area contributed by atoms with Gasteiger partial charge in [0.15, 0.2) is 0 Å². The second-order valence-corrected chi connectivity index (χ2v) is 7.83. The summed E-state index contributed by atoms with van der Waals surface area (Å²) in [5.41, 5.74) is 1.35. The Kier molecular flexibility index (Phi) is 4.74. The SMILES string of the molecule is CC/C=[N+]1\OC[C@@H]([Se]c2ccccc2)[C@@H]1c1ccccc1. The van der Waals surface area contributed by atoms with Crippen LogP contribution in [0, 0.1) is 0 Å². The first-order valence-electron chi connectivity index (χ1n) is 7.39. The zero-order valence-corrected chi connectivity index (χ0v) is 13.9. The fraction of sp³-hybridized carbons (Fsp3) is 0.278. The first-order valence-corrected chi connectivity index (χ1v) is 9.24. The van der Waals surface area contributed by atoms with Crippen LogP contribution >= 0.6 is 0 Å². The molecule has 1 fully saturated rings. The van der Waals surface area contributed by atoms with E-state index in [2.05, 4.69) is 78.5 Å². The summed E-state index contributed by atoms with van der Waals surface area (Å²) >= 11 is 0.415. The second kappa shape index (κ2) is 6.93. The third-order valence-corrected chi connectivity index (χ3v) is 6.15. The molecule has 3 heteroatoms. The van der Waals surface area contributed by atoms with Crippen molar-refractivity contribution in [1.82, 2.24) is 0 Å². The van der Waals surface area contributed by atoms with E-state index >= 15 is 0 Å². The van der Waals surface area contributed by atoms with Crippen LogP contribution in [0.5, 0.6) is 0 Å². The molecule has 3 rings (SSSR count). The van der Waals surface area contributed by atoms with Crippen molar-refractivity contribution in [2.45, 2.75) is 24.2 Å². The molecule has 108 valence electrons. The summed E-state index contributed by atoms with van der Waals surface area (Å²) in [6.45, 7) is 2.96. The van der Waals surface area contributed by atoms with E-state index in [4.69, 9.17) is 4.84 Å². The summed E-state index contributed by atoms with van der Waals surface area (Å²) in [5, 5.41) is 0. The maximum absolute atomic E-state index is 5.94. The molecule has 0 N–H and O–H groups in total. The molecule has 0 aromatic heterocycles. The molecule has 2 atom stereocenters. The summed E-state index contributed by atoms with van der Waals surface area (Å²) in [5.74, 6) is 0. The van der Waals surface area contributed by atoms with Crippen LogP contribution in [0.3, 0.4) is 0 Å². The average molecular weight is 345 g/mol. The Morgan fingerprint density at radius 2 is 1.76 bits per heavy atom. The van der Waals surface area contributed by atoms with Crippen LogP contribution in [-0.4, -0.2) is 32.5 Å². The van der Waals surface area contributed by atoms with Gasteiger partial charge in [-0.05, 0) is 0 Å². The molecular weight excluding hydrogens is 325 g/mol. The van der Waals surface area contributed by atoms with Gasteiger partial charge in [-0.2, -0.15) is 0 Å². The summed E-state index contributed by atoms with van der Waals surface area (Å²) < 4.78 is 3.52. The van der Waals surface area contributed by atoms with Crippen molar-refractivity contribution in [3.63, 3.8) is 0 Å². The number of hydroxylamine groups is 1. The van der Waals surface area contributed by atoms with Gasteiger partial charge in [-0.25, -0.2) is 0 Å². The van der Waals surface area contributed by atoms with E-state index < -0.39 is 0 Å². The molecule has 0 spiro atoms. The Morgan fingerprint density at radius 3 is 2.43 bits per heavy atom. The van der Waals surface area contributed by atoms with Gasteiger partial charge in [-0.1, -0.05) is 0 Å². The average Bonchev–Trinajstić information content (AvgIpc) is 2.92. The fourth-order valence-corrected chi connectivity index (χ4v) is 5.14. The van der Waals surface area contributed by atoms with Crippen LogP contribution in [0.15, 0.2) is 60.7 Å². The van der Waals surface area contributed by atoms with E-state index in [0.29, 0.717) is 25.8 Å². The standard InChI is InChI=1S/C18H20NOSe/c1-2-13-19-18(15-9-5-3-6-10-15)17(14-20-19)21-16-11-7-4-8-12-16/h3-13,17-18H,2,14H2,1H3/q+1/b19-13-/t17-,18+/m1/s1. The van der Waals surface area contributed by atoms with Crippen molar-refractivity contribution in [3.05, 3.63) is 66.2 Å². The quantitative estimate of drug-likeness (QED) is 0.613. The Labute approximate surface area is 132 Å². The van der Waals surface area contributed by atoms with Crippen molar-refractivity contribution in [2.75, 3.05) is 6.61 Å². The van der Waals surface area contributed by atoms with E-state index in [1.807, 2.05) is 0 Å². The number of nitrogens with zero attached hydrogens (tertiary/aromatic N) is 1. The molecule has 0 amide bonds. The van der Waals surface area contributed by atoms with Crippen molar-refractivity contribution < 1.29 is 9.58 Å². The van der Waals surface area contributed by atoms with Gasteiger partial charge in [0.2, 0.25) is 0 Å². The van der Waals surface area contributed by atoms with Gasteiger partial charge >= 0.3 is 132 Å². The summed E-state index contributed by atoms with van der Waals surface area (Å²) in [6.07, 6.45) is 3.16. The van der Waals surface area contributed by atoms with Crippen LogP contribution in [0.1, 0.15) is 24.9 Å². The second-order valence-electron chi connectivity index (χ2n) is 5.07. The van der Waals surface area contributed by atoms with Crippen molar-refractivity contribution >= 4 is 25.6 Å². The Hall–Kier alpha value is -1.57. The van der Waals surface area contributed by atoms with E-state index in [-0.39, 0.29) is 0 Å². The van der Waals surface area contributed by atoms with Gasteiger partial charge in [-0.3, -0.25) is 0 Å². The molecule has 2 nitrogen and oxygen atoms in total. The van der Waals surface area contributed by atoms with E-state index in [1.165, 1.54) is 10.0 Å². The van der Waals surface area contributed by atoms with Crippen molar-refractivity contribution in [1.29, 1.82) is 0 Å². The number of benzene rings is 2. The van der Waals surface area contributed by atoms with Crippen molar-refractivity contribution in [2.24, 2.45) is 0 Å². The van der Waals surface area contributed by atoms with E-state index in [1.54, 1.807) is 0 Å². The van der Waals surface area contributed by atoms with Gasteiger partial charge in [0.1, 0.15) is 0 Å². The molecule has 21 heavy (non-hydrogen) atoms. The topological polar surface area (TPSA) is 12.2 Å². The monoisotopic (exact) mass is 346 g/mol. The molecule has 2 aromatic rings. The normalized spacial score (nSPS) is 23.2. The summed E-state index contributed by atoms with van der Waals surface area (Å²) in [7, 11) is 0. The molecule has 1 aliphatic heterocycles. The zero-order chi connectivity index (χ0) is 14.5. The molecule has 0 saturated carbocycles. The maximum atomic E-state index is 5.94. The van der Waals surface area contributed by atoms with Gasteiger partial charge in [0, 0.05) is 0 Å². The van der Waals surface area contributed by atoms with E-state index in [0.717, 1.165) is 13.0 Å². The molecule has 1 aliphatic rings. The van der Waals surface area contributed by atoms with Crippen LogP contribution in [0.25, 0.3) is 0 Å². The number of hydrogen-bond donors (Lipinski definition) is 0. The zero-order valence-electron chi connectivity index (χ0n) is 12.2. The van der Waals surface area contributed by atoms with Gasteiger partial charge in [-0.15, -0.1) is 0 Å². The van der Waals surface area contributed by atoms with Crippen LogP contribution in [0.4, 0.5) is 0 Å². The van der Waals surface area contributed by atoms with E-state index in [9.17, 15) is 0 Å². The van der Waals surface area contributed by atoms with Crippen LogP contribution in [0.2, 0.25) is 4.82 Å². The predicted octanol–water partition coefficient (Wildman–Crippen LogP) is 2.98. The third-order valence-electron chi connectivity index (χ3n) is 3.55. The van der Waals surface area contributed by atoms with Crippen LogP contribution < -0.4 is 4.46 Å². The molecule has 1 saturated heterocycles. The molecule has 0 radical (unpaired) electrons. The molecule has 0 unspecified atom stereocenters. The number of rotatable bonds is 4. The number of hydrogen-bond acceptors (Lipinski definition) is 1. The third kappa shape index (κ3) is 3.37. The minimum atomic E-state index is 0.339. The minimum absolute atomic E-state index is 0.339. The Bertz CT molecular complexity index is 597. The molecule has 0 aliphatic carbocycles. The first-order chi connectivity index (χ1) is 10.4. The van der Waals surface area contributed by atoms with Gasteiger partial charge in [0.25, 0.3) is 0 Å². The first kappa shape index (κ1) is 14.4. The molecule has 0 bridgehead atoms. The van der Waals surface area contributed by atoms with Gasteiger partial charge < -0.3 is 0 Å². The molecular formula is C18H20NOSe+. The predicted molar refractivity (Wildman–Crippen MR) is 87.3 cm³/mol. The van der Waals surface area contributed by atoms with Gasteiger partial charge in [0.05, 0.1) is 0 Å². The van der Waals surface area contributed by atoms with Crippen molar-refractivity contribution in [3.8, 4) is 0 Å². The Balaban J connectivity index is 1.87. The molecule has 2 aromatic carbocycles. The Morgan fingerprint density at radius 1 is 1.10 bits per heavy atom. The molecule has 1 heterocycles. The summed E-state index contributed by atoms with van der Waals surface area (Å²) in [6, 6.07) is 21.9. The fourth-order valence-electron chi connectivity index (χ4n) is 2.63. The van der Waals surface area contributed by atoms with Crippen LogP contribution in [-0.2, 0) is 4.84 Å². The summed E-state index contributed by atoms with van der Waals surface area (Å²) in [4.78, 5) is 6.49.